The lowest BCUT2D eigenvalue weighted by Crippen LogP contribution is -2.22. The topological polar surface area (TPSA) is 75.2 Å². The molecular weight excluding hydrogens is 400 g/mol. The molecule has 0 amide bonds. The molecule has 0 radical (unpaired) electrons. The Morgan fingerprint density at radius 3 is 2.21 bits per heavy atom. The highest BCUT2D eigenvalue weighted by atomic mass is 32.2. The third kappa shape index (κ3) is 3.90. The number of sulfonamides is 1. The number of aromatic nitrogens is 2. The van der Waals surface area contributed by atoms with Crippen LogP contribution in [-0.4, -0.2) is 36.8 Å². The smallest absolute Gasteiger partial charge is 0.340 e. The summed E-state index contributed by atoms with van der Waals surface area (Å²) in [5.41, 5.74) is 0.188. The third-order valence-electron chi connectivity index (χ3n) is 3.81. The fourth-order valence-electron chi connectivity index (χ4n) is 2.38. The molecular formula is C17H14F4N4O2S. The summed E-state index contributed by atoms with van der Waals surface area (Å²) in [5.74, 6) is -2.28. The van der Waals surface area contributed by atoms with Crippen molar-refractivity contribution in [2.75, 3.05) is 19.4 Å². The number of nitrogens with zero attached hydrogens (tertiary/aromatic N) is 3. The summed E-state index contributed by atoms with van der Waals surface area (Å²) in [7, 11) is -0.898. The van der Waals surface area contributed by atoms with Crippen LogP contribution >= 0.6 is 0 Å². The molecule has 1 aromatic heterocycles. The van der Waals surface area contributed by atoms with Crippen LogP contribution in [-0.2, 0) is 16.2 Å². The Balaban J connectivity index is 2.05. The number of rotatable bonds is 4. The number of nitrogens with one attached hydrogen (secondary N) is 1. The van der Waals surface area contributed by atoms with Gasteiger partial charge in [0, 0.05) is 25.2 Å². The van der Waals surface area contributed by atoms with Gasteiger partial charge in [0.25, 0.3) is 0 Å². The Kier molecular flexibility index (Phi) is 4.98. The van der Waals surface area contributed by atoms with Crippen molar-refractivity contribution in [2.24, 2.45) is 0 Å². The number of hydrogen-bond acceptors (Lipinski definition) is 5. The van der Waals surface area contributed by atoms with Gasteiger partial charge in [-0.2, -0.15) is 13.2 Å². The van der Waals surface area contributed by atoms with Crippen molar-refractivity contribution in [3.05, 3.63) is 54.1 Å². The Morgan fingerprint density at radius 1 is 1.00 bits per heavy atom. The zero-order chi connectivity index (χ0) is 20.7. The SMILES string of the molecule is CN(C)S(=O)(=O)c1ccc(Nc2nc(C(F)(F)F)nc3ccc(F)cc23)cc1. The van der Waals surface area contributed by atoms with Crippen molar-refractivity contribution in [2.45, 2.75) is 11.1 Å². The van der Waals surface area contributed by atoms with Crippen LogP contribution in [0.1, 0.15) is 5.82 Å². The second-order valence-corrected chi connectivity index (χ2v) is 8.14. The van der Waals surface area contributed by atoms with E-state index >= 15 is 0 Å². The standard InChI is InChI=1S/C17H14F4N4O2S/c1-25(2)28(26,27)12-6-4-11(5-7-12)22-15-13-9-10(18)3-8-14(13)23-16(24-15)17(19,20)21/h3-9H,1-2H3,(H,22,23,24). The van der Waals surface area contributed by atoms with Gasteiger partial charge in [-0.25, -0.2) is 27.1 Å². The van der Waals surface area contributed by atoms with Gasteiger partial charge in [-0.3, -0.25) is 0 Å². The Labute approximate surface area is 157 Å². The molecule has 148 valence electrons. The predicted molar refractivity (Wildman–Crippen MR) is 95.1 cm³/mol. The van der Waals surface area contributed by atoms with Gasteiger partial charge < -0.3 is 5.32 Å². The number of anilines is 2. The van der Waals surface area contributed by atoms with Gasteiger partial charge in [0.1, 0.15) is 11.6 Å². The molecule has 0 saturated carbocycles. The molecule has 2 aromatic carbocycles. The summed E-state index contributed by atoms with van der Waals surface area (Å²) in [6.45, 7) is 0. The van der Waals surface area contributed by atoms with E-state index in [1.165, 1.54) is 38.4 Å². The van der Waals surface area contributed by atoms with Crippen molar-refractivity contribution >= 4 is 32.4 Å². The molecule has 0 bridgehead atoms. The molecule has 6 nitrogen and oxygen atoms in total. The highest BCUT2D eigenvalue weighted by molar-refractivity contribution is 7.89. The second kappa shape index (κ2) is 6.99. The lowest BCUT2D eigenvalue weighted by Gasteiger charge is -2.14. The molecule has 0 aliphatic rings. The van der Waals surface area contributed by atoms with Gasteiger partial charge in [-0.15, -0.1) is 0 Å². The highest BCUT2D eigenvalue weighted by Crippen LogP contribution is 2.32. The van der Waals surface area contributed by atoms with E-state index in [9.17, 15) is 26.0 Å². The number of alkyl halides is 3. The average molecular weight is 414 g/mol. The number of hydrogen-bond donors (Lipinski definition) is 1. The summed E-state index contributed by atoms with van der Waals surface area (Å²) >= 11 is 0. The first-order valence-electron chi connectivity index (χ1n) is 7.82. The molecule has 0 spiro atoms. The first-order valence-corrected chi connectivity index (χ1v) is 9.26. The van der Waals surface area contributed by atoms with Crippen molar-refractivity contribution in [3.63, 3.8) is 0 Å². The summed E-state index contributed by atoms with van der Waals surface area (Å²) < 4.78 is 78.0. The van der Waals surface area contributed by atoms with Crippen LogP contribution < -0.4 is 5.32 Å². The van der Waals surface area contributed by atoms with Crippen molar-refractivity contribution < 1.29 is 26.0 Å². The van der Waals surface area contributed by atoms with Gasteiger partial charge in [-0.1, -0.05) is 0 Å². The zero-order valence-corrected chi connectivity index (χ0v) is 15.4. The minimum absolute atomic E-state index is 0.0117. The quantitative estimate of drug-likeness (QED) is 0.658. The molecule has 0 aliphatic heterocycles. The number of fused-ring (bicyclic) bond motifs is 1. The summed E-state index contributed by atoms with van der Waals surface area (Å²) in [5, 5.41) is 2.72. The van der Waals surface area contributed by atoms with E-state index in [1.54, 1.807) is 0 Å². The maximum absolute atomic E-state index is 13.6. The van der Waals surface area contributed by atoms with Crippen LogP contribution in [0.3, 0.4) is 0 Å². The Morgan fingerprint density at radius 2 is 1.64 bits per heavy atom. The molecule has 0 unspecified atom stereocenters. The fourth-order valence-corrected chi connectivity index (χ4v) is 3.28. The van der Waals surface area contributed by atoms with Crippen LogP contribution in [0.4, 0.5) is 29.1 Å². The number of benzene rings is 2. The van der Waals surface area contributed by atoms with Gasteiger partial charge >= 0.3 is 6.18 Å². The molecule has 0 aliphatic carbocycles. The minimum atomic E-state index is -4.79. The normalized spacial score (nSPS) is 12.5. The van der Waals surface area contributed by atoms with Gasteiger partial charge in [0.15, 0.2) is 0 Å². The maximum Gasteiger partial charge on any atom is 0.451 e. The molecule has 3 aromatic rings. The average Bonchev–Trinajstić information content (AvgIpc) is 2.61. The molecule has 3 rings (SSSR count). The monoisotopic (exact) mass is 414 g/mol. The predicted octanol–water partition coefficient (Wildman–Crippen LogP) is 3.78. The Bertz CT molecular complexity index is 1130. The van der Waals surface area contributed by atoms with E-state index in [1.807, 2.05) is 0 Å². The largest absolute Gasteiger partial charge is 0.451 e. The van der Waals surface area contributed by atoms with Gasteiger partial charge in [-0.05, 0) is 42.5 Å². The summed E-state index contributed by atoms with van der Waals surface area (Å²) in [6, 6.07) is 8.48. The van der Waals surface area contributed by atoms with E-state index in [0.717, 1.165) is 22.5 Å². The molecule has 0 fully saturated rings. The van der Waals surface area contributed by atoms with Crippen LogP contribution in [0.25, 0.3) is 10.9 Å². The summed E-state index contributed by atoms with van der Waals surface area (Å²) in [6.07, 6.45) is -4.79. The maximum atomic E-state index is 13.6. The number of halogens is 4. The first-order chi connectivity index (χ1) is 13.0. The van der Waals surface area contributed by atoms with Crippen LogP contribution in [0.15, 0.2) is 47.4 Å². The summed E-state index contributed by atoms with van der Waals surface area (Å²) in [4.78, 5) is 6.91. The van der Waals surface area contributed by atoms with Crippen molar-refractivity contribution in [1.29, 1.82) is 0 Å². The van der Waals surface area contributed by atoms with E-state index in [-0.39, 0.29) is 27.3 Å². The molecule has 1 heterocycles. The third-order valence-corrected chi connectivity index (χ3v) is 5.64. The van der Waals surface area contributed by atoms with E-state index in [2.05, 4.69) is 15.3 Å². The molecule has 11 heteroatoms. The lowest BCUT2D eigenvalue weighted by atomic mass is 10.2. The molecule has 0 saturated heterocycles. The van der Waals surface area contributed by atoms with E-state index < -0.39 is 27.8 Å². The van der Waals surface area contributed by atoms with E-state index in [0.29, 0.717) is 0 Å². The Hall–Kier alpha value is -2.79. The minimum Gasteiger partial charge on any atom is -0.340 e. The molecule has 28 heavy (non-hydrogen) atoms. The molecule has 1 N–H and O–H groups in total. The van der Waals surface area contributed by atoms with Gasteiger partial charge in [0.05, 0.1) is 10.4 Å². The van der Waals surface area contributed by atoms with Crippen LogP contribution in [0, 0.1) is 5.82 Å². The van der Waals surface area contributed by atoms with Crippen molar-refractivity contribution in [1.82, 2.24) is 14.3 Å². The highest BCUT2D eigenvalue weighted by Gasteiger charge is 2.35. The van der Waals surface area contributed by atoms with Crippen LogP contribution in [0.5, 0.6) is 0 Å². The fraction of sp³-hybridized carbons (Fsp3) is 0.176. The van der Waals surface area contributed by atoms with Crippen molar-refractivity contribution in [3.8, 4) is 0 Å². The second-order valence-electron chi connectivity index (χ2n) is 5.99. The molecule has 0 atom stereocenters. The first kappa shape index (κ1) is 20.0. The van der Waals surface area contributed by atoms with Crippen LogP contribution in [0.2, 0.25) is 0 Å². The lowest BCUT2D eigenvalue weighted by molar-refractivity contribution is -0.144. The van der Waals surface area contributed by atoms with E-state index in [4.69, 9.17) is 0 Å². The zero-order valence-electron chi connectivity index (χ0n) is 14.6. The van der Waals surface area contributed by atoms with Gasteiger partial charge in [0.2, 0.25) is 15.8 Å².